The molecule has 5 heteroatoms. The molecule has 0 saturated heterocycles. The van der Waals surface area contributed by atoms with E-state index in [1.165, 1.54) is 0 Å². The van der Waals surface area contributed by atoms with Gasteiger partial charge in [0.25, 0.3) is 0 Å². The molecule has 2 N–H and O–H groups in total. The summed E-state index contributed by atoms with van der Waals surface area (Å²) in [5.41, 5.74) is 0.936. The lowest BCUT2D eigenvalue weighted by Gasteiger charge is -2.09. The highest BCUT2D eigenvalue weighted by molar-refractivity contribution is 5.73. The van der Waals surface area contributed by atoms with Crippen LogP contribution < -0.4 is 15.4 Å². The summed E-state index contributed by atoms with van der Waals surface area (Å²) >= 11 is 0. The largest absolute Gasteiger partial charge is 0.481 e. The number of methoxy groups -OCH3 is 1. The van der Waals surface area contributed by atoms with E-state index in [4.69, 9.17) is 4.74 Å². The van der Waals surface area contributed by atoms with E-state index < -0.39 is 0 Å². The van der Waals surface area contributed by atoms with Crippen molar-refractivity contribution < 1.29 is 9.53 Å². The minimum atomic E-state index is -0.158. The van der Waals surface area contributed by atoms with Crippen molar-refractivity contribution in [2.75, 3.05) is 13.7 Å². The average molecular weight is 237 g/mol. The predicted molar refractivity (Wildman–Crippen MR) is 65.9 cm³/mol. The molecule has 17 heavy (non-hydrogen) atoms. The van der Waals surface area contributed by atoms with E-state index in [1.807, 2.05) is 19.9 Å². The molecule has 5 nitrogen and oxygen atoms in total. The third kappa shape index (κ3) is 5.19. The molecule has 0 saturated carbocycles. The molecule has 0 unspecified atom stereocenters. The maximum Gasteiger partial charge on any atom is 0.315 e. The fraction of sp³-hybridized carbons (Fsp3) is 0.500. The fourth-order valence-electron chi connectivity index (χ4n) is 1.18. The Kier molecular flexibility index (Phi) is 5.26. The Morgan fingerprint density at radius 2 is 2.18 bits per heavy atom. The second-order valence-electron chi connectivity index (χ2n) is 4.17. The van der Waals surface area contributed by atoms with Gasteiger partial charge in [-0.2, -0.15) is 0 Å². The van der Waals surface area contributed by atoms with Gasteiger partial charge in [-0.15, -0.1) is 0 Å². The van der Waals surface area contributed by atoms with Crippen molar-refractivity contribution in [1.82, 2.24) is 15.6 Å². The SMILES string of the molecule is COc1ccc(CNC(=O)NCC(C)C)cn1. The van der Waals surface area contributed by atoms with Crippen LogP contribution in [0, 0.1) is 5.92 Å². The van der Waals surface area contributed by atoms with E-state index in [2.05, 4.69) is 15.6 Å². The van der Waals surface area contributed by atoms with Crippen molar-refractivity contribution >= 4 is 6.03 Å². The third-order valence-electron chi connectivity index (χ3n) is 2.13. The normalized spacial score (nSPS) is 10.1. The summed E-state index contributed by atoms with van der Waals surface area (Å²) < 4.78 is 4.95. The number of hydrogen-bond acceptors (Lipinski definition) is 3. The van der Waals surface area contributed by atoms with E-state index in [-0.39, 0.29) is 6.03 Å². The smallest absolute Gasteiger partial charge is 0.315 e. The average Bonchev–Trinajstić information content (AvgIpc) is 2.34. The van der Waals surface area contributed by atoms with Crippen molar-refractivity contribution in [3.05, 3.63) is 23.9 Å². The zero-order chi connectivity index (χ0) is 12.7. The molecular formula is C12H19N3O2. The number of aromatic nitrogens is 1. The zero-order valence-corrected chi connectivity index (χ0v) is 10.5. The molecule has 0 aliphatic carbocycles. The number of pyridine rings is 1. The van der Waals surface area contributed by atoms with Gasteiger partial charge in [-0.05, 0) is 11.5 Å². The Balaban J connectivity index is 2.31. The molecule has 0 aliphatic heterocycles. The van der Waals surface area contributed by atoms with Gasteiger partial charge in [0.2, 0.25) is 5.88 Å². The van der Waals surface area contributed by atoms with Gasteiger partial charge in [0.1, 0.15) is 0 Å². The maximum absolute atomic E-state index is 11.4. The van der Waals surface area contributed by atoms with Crippen LogP contribution in [-0.2, 0) is 6.54 Å². The van der Waals surface area contributed by atoms with Crippen LogP contribution in [0.4, 0.5) is 4.79 Å². The van der Waals surface area contributed by atoms with E-state index in [9.17, 15) is 4.79 Å². The summed E-state index contributed by atoms with van der Waals surface area (Å²) in [5, 5.41) is 5.54. The summed E-state index contributed by atoms with van der Waals surface area (Å²) in [4.78, 5) is 15.4. The number of urea groups is 1. The molecule has 0 bridgehead atoms. The number of nitrogens with zero attached hydrogens (tertiary/aromatic N) is 1. The Hall–Kier alpha value is -1.78. The first-order valence-electron chi connectivity index (χ1n) is 5.62. The zero-order valence-electron chi connectivity index (χ0n) is 10.5. The molecule has 0 aromatic carbocycles. The number of hydrogen-bond donors (Lipinski definition) is 2. The number of nitrogens with one attached hydrogen (secondary N) is 2. The van der Waals surface area contributed by atoms with Gasteiger partial charge in [-0.25, -0.2) is 9.78 Å². The molecule has 2 amide bonds. The highest BCUT2D eigenvalue weighted by Gasteiger charge is 2.01. The van der Waals surface area contributed by atoms with Gasteiger partial charge >= 0.3 is 6.03 Å². The first-order valence-corrected chi connectivity index (χ1v) is 5.62. The van der Waals surface area contributed by atoms with Crippen molar-refractivity contribution in [3.63, 3.8) is 0 Å². The minimum Gasteiger partial charge on any atom is -0.481 e. The molecule has 0 fully saturated rings. The van der Waals surface area contributed by atoms with Gasteiger partial charge in [0.15, 0.2) is 0 Å². The van der Waals surface area contributed by atoms with Crippen molar-refractivity contribution in [2.45, 2.75) is 20.4 Å². The molecule has 1 aromatic rings. The van der Waals surface area contributed by atoms with E-state index in [1.54, 1.807) is 19.4 Å². The van der Waals surface area contributed by atoms with Crippen LogP contribution in [-0.4, -0.2) is 24.7 Å². The van der Waals surface area contributed by atoms with Crippen LogP contribution in [0.5, 0.6) is 5.88 Å². The van der Waals surface area contributed by atoms with E-state index in [0.717, 1.165) is 5.56 Å². The molecule has 0 spiro atoms. The molecule has 1 heterocycles. The summed E-state index contributed by atoms with van der Waals surface area (Å²) in [7, 11) is 1.57. The topological polar surface area (TPSA) is 63.2 Å². The van der Waals surface area contributed by atoms with Gasteiger partial charge in [-0.1, -0.05) is 19.9 Å². The number of carbonyl (C=O) groups is 1. The Morgan fingerprint density at radius 1 is 1.41 bits per heavy atom. The molecule has 0 atom stereocenters. The van der Waals surface area contributed by atoms with Crippen molar-refractivity contribution in [2.24, 2.45) is 5.92 Å². The quantitative estimate of drug-likeness (QED) is 0.816. The number of carbonyl (C=O) groups excluding carboxylic acids is 1. The lowest BCUT2D eigenvalue weighted by atomic mass is 10.2. The molecule has 1 rings (SSSR count). The summed E-state index contributed by atoms with van der Waals surface area (Å²) in [6, 6.07) is 3.48. The van der Waals surface area contributed by atoms with Gasteiger partial charge in [0.05, 0.1) is 7.11 Å². The Morgan fingerprint density at radius 3 is 2.71 bits per heavy atom. The molecule has 94 valence electrons. The van der Waals surface area contributed by atoms with E-state index in [0.29, 0.717) is 24.9 Å². The maximum atomic E-state index is 11.4. The summed E-state index contributed by atoms with van der Waals surface area (Å²) in [5.74, 6) is 1.02. The third-order valence-corrected chi connectivity index (χ3v) is 2.13. The van der Waals surface area contributed by atoms with Gasteiger partial charge < -0.3 is 15.4 Å². The first kappa shape index (κ1) is 13.3. The molecule has 0 aliphatic rings. The highest BCUT2D eigenvalue weighted by Crippen LogP contribution is 2.05. The van der Waals surface area contributed by atoms with E-state index >= 15 is 0 Å². The second-order valence-corrected chi connectivity index (χ2v) is 4.17. The summed E-state index contributed by atoms with van der Waals surface area (Å²) in [6.07, 6.45) is 1.68. The van der Waals surface area contributed by atoms with Crippen LogP contribution in [0.15, 0.2) is 18.3 Å². The lowest BCUT2D eigenvalue weighted by molar-refractivity contribution is 0.239. The predicted octanol–water partition coefficient (Wildman–Crippen LogP) is 1.55. The summed E-state index contributed by atoms with van der Waals surface area (Å²) in [6.45, 7) is 5.23. The standard InChI is InChI=1S/C12H19N3O2/c1-9(2)6-14-12(16)15-8-10-4-5-11(17-3)13-7-10/h4-5,7,9H,6,8H2,1-3H3,(H2,14,15,16). The Bertz CT molecular complexity index is 349. The minimum absolute atomic E-state index is 0.158. The molecular weight excluding hydrogens is 218 g/mol. The van der Waals surface area contributed by atoms with Crippen LogP contribution in [0.2, 0.25) is 0 Å². The van der Waals surface area contributed by atoms with Crippen molar-refractivity contribution in [1.29, 1.82) is 0 Å². The van der Waals surface area contributed by atoms with Crippen LogP contribution in [0.25, 0.3) is 0 Å². The van der Waals surface area contributed by atoms with Crippen LogP contribution in [0.1, 0.15) is 19.4 Å². The fourth-order valence-corrected chi connectivity index (χ4v) is 1.18. The second kappa shape index (κ2) is 6.73. The van der Waals surface area contributed by atoms with Crippen LogP contribution in [0.3, 0.4) is 0 Å². The number of amides is 2. The lowest BCUT2D eigenvalue weighted by Crippen LogP contribution is -2.37. The number of rotatable bonds is 5. The first-order chi connectivity index (χ1) is 8.11. The van der Waals surface area contributed by atoms with Crippen LogP contribution >= 0.6 is 0 Å². The van der Waals surface area contributed by atoms with Gasteiger partial charge in [0, 0.05) is 25.4 Å². The van der Waals surface area contributed by atoms with Gasteiger partial charge in [-0.3, -0.25) is 0 Å². The number of ether oxygens (including phenoxy) is 1. The monoisotopic (exact) mass is 237 g/mol. The van der Waals surface area contributed by atoms with Crippen molar-refractivity contribution in [3.8, 4) is 5.88 Å². The molecule has 0 radical (unpaired) electrons. The highest BCUT2D eigenvalue weighted by atomic mass is 16.5. The molecule has 1 aromatic heterocycles. The Labute approximate surface area is 102 Å².